The molecule has 0 saturated carbocycles. The van der Waals surface area contributed by atoms with E-state index in [1.807, 2.05) is 0 Å². The molecule has 0 aliphatic rings. The Labute approximate surface area is 94.7 Å². The summed E-state index contributed by atoms with van der Waals surface area (Å²) in [5.74, 6) is 0. The van der Waals surface area contributed by atoms with Crippen molar-refractivity contribution in [1.82, 2.24) is 4.98 Å². The molecule has 1 aromatic heterocycles. The predicted molar refractivity (Wildman–Crippen MR) is 57.5 cm³/mol. The molecule has 0 aliphatic heterocycles. The minimum atomic E-state index is -4.43. The van der Waals surface area contributed by atoms with E-state index in [9.17, 15) is 18.0 Å². The monoisotopic (exact) mass is 239 g/mol. The van der Waals surface area contributed by atoms with Crippen LogP contribution in [0.15, 0.2) is 47.4 Å². The Morgan fingerprint density at radius 2 is 1.76 bits per heavy atom. The van der Waals surface area contributed by atoms with Crippen molar-refractivity contribution < 1.29 is 13.2 Å². The minimum Gasteiger partial charge on any atom is -0.329 e. The fourth-order valence-corrected chi connectivity index (χ4v) is 1.59. The summed E-state index contributed by atoms with van der Waals surface area (Å²) in [4.78, 5) is 13.5. The van der Waals surface area contributed by atoms with Gasteiger partial charge in [0.2, 0.25) is 5.56 Å². The number of aromatic nitrogens is 1. The van der Waals surface area contributed by atoms with E-state index >= 15 is 0 Å². The standard InChI is InChI=1S/C12H8F3NO/c13-12(14,15)10-4-2-1-3-9(10)8-5-6-16-11(17)7-8/h1-7H,(H,16,17). The van der Waals surface area contributed by atoms with E-state index in [4.69, 9.17) is 0 Å². The lowest BCUT2D eigenvalue weighted by Crippen LogP contribution is -2.08. The molecule has 17 heavy (non-hydrogen) atoms. The summed E-state index contributed by atoms with van der Waals surface area (Å²) in [5, 5.41) is 0. The zero-order valence-electron chi connectivity index (χ0n) is 8.58. The maximum atomic E-state index is 12.7. The number of nitrogens with one attached hydrogen (secondary N) is 1. The second-order valence-electron chi connectivity index (χ2n) is 3.48. The van der Waals surface area contributed by atoms with Gasteiger partial charge in [-0.15, -0.1) is 0 Å². The first kappa shape index (κ1) is 11.4. The number of hydrogen-bond acceptors (Lipinski definition) is 1. The zero-order chi connectivity index (χ0) is 12.5. The van der Waals surface area contributed by atoms with Crippen LogP contribution in [-0.4, -0.2) is 4.98 Å². The summed E-state index contributed by atoms with van der Waals surface area (Å²) in [5.41, 5.74) is -0.919. The van der Waals surface area contributed by atoms with Crippen molar-refractivity contribution in [2.75, 3.05) is 0 Å². The van der Waals surface area contributed by atoms with E-state index < -0.39 is 17.3 Å². The average molecular weight is 239 g/mol. The number of pyridine rings is 1. The summed E-state index contributed by atoms with van der Waals surface area (Å²) < 4.78 is 38.2. The first-order chi connectivity index (χ1) is 7.98. The molecule has 0 spiro atoms. The molecule has 0 radical (unpaired) electrons. The van der Waals surface area contributed by atoms with Gasteiger partial charge >= 0.3 is 6.18 Å². The van der Waals surface area contributed by atoms with Crippen molar-refractivity contribution in [3.05, 3.63) is 58.5 Å². The molecule has 0 amide bonds. The van der Waals surface area contributed by atoms with Crippen LogP contribution >= 0.6 is 0 Å². The highest BCUT2D eigenvalue weighted by atomic mass is 19.4. The van der Waals surface area contributed by atoms with Crippen molar-refractivity contribution in [2.24, 2.45) is 0 Å². The van der Waals surface area contributed by atoms with Crippen LogP contribution in [0, 0.1) is 0 Å². The zero-order valence-corrected chi connectivity index (χ0v) is 8.58. The lowest BCUT2D eigenvalue weighted by molar-refractivity contribution is -0.137. The van der Waals surface area contributed by atoms with E-state index in [-0.39, 0.29) is 11.1 Å². The number of benzene rings is 1. The van der Waals surface area contributed by atoms with Crippen molar-refractivity contribution in [1.29, 1.82) is 0 Å². The molecule has 5 heteroatoms. The van der Waals surface area contributed by atoms with E-state index in [1.54, 1.807) is 0 Å². The smallest absolute Gasteiger partial charge is 0.329 e. The molecular weight excluding hydrogens is 231 g/mol. The van der Waals surface area contributed by atoms with Crippen LogP contribution < -0.4 is 5.56 Å². The molecule has 0 fully saturated rings. The Morgan fingerprint density at radius 1 is 1.06 bits per heavy atom. The number of hydrogen-bond donors (Lipinski definition) is 1. The van der Waals surface area contributed by atoms with Gasteiger partial charge in [-0.05, 0) is 23.3 Å². The molecule has 2 nitrogen and oxygen atoms in total. The summed E-state index contributed by atoms with van der Waals surface area (Å²) in [6, 6.07) is 7.75. The molecule has 88 valence electrons. The summed E-state index contributed by atoms with van der Waals surface area (Å²) >= 11 is 0. The third-order valence-corrected chi connectivity index (χ3v) is 2.32. The van der Waals surface area contributed by atoms with E-state index in [0.29, 0.717) is 0 Å². The summed E-state index contributed by atoms with van der Waals surface area (Å²) in [6.07, 6.45) is -3.11. The number of rotatable bonds is 1. The fourth-order valence-electron chi connectivity index (χ4n) is 1.59. The van der Waals surface area contributed by atoms with Crippen LogP contribution in [0.25, 0.3) is 11.1 Å². The first-order valence-electron chi connectivity index (χ1n) is 4.84. The molecule has 0 bridgehead atoms. The second kappa shape index (κ2) is 4.08. The lowest BCUT2D eigenvalue weighted by atomic mass is 10.0. The molecule has 0 saturated heterocycles. The first-order valence-corrected chi connectivity index (χ1v) is 4.84. The normalized spacial score (nSPS) is 11.5. The van der Waals surface area contributed by atoms with E-state index in [2.05, 4.69) is 4.98 Å². The summed E-state index contributed by atoms with van der Waals surface area (Å²) in [6.45, 7) is 0. The highest BCUT2D eigenvalue weighted by molar-refractivity contribution is 5.67. The second-order valence-corrected chi connectivity index (χ2v) is 3.48. The van der Waals surface area contributed by atoms with Gasteiger partial charge in [0.1, 0.15) is 0 Å². The van der Waals surface area contributed by atoms with Crippen LogP contribution in [0.3, 0.4) is 0 Å². The third kappa shape index (κ3) is 2.38. The Balaban J connectivity index is 2.64. The van der Waals surface area contributed by atoms with Crippen molar-refractivity contribution >= 4 is 0 Å². The summed E-state index contributed by atoms with van der Waals surface area (Å²) in [7, 11) is 0. The van der Waals surface area contributed by atoms with Crippen LogP contribution in [0.1, 0.15) is 5.56 Å². The Morgan fingerprint density at radius 3 is 2.41 bits per heavy atom. The van der Waals surface area contributed by atoms with Gasteiger partial charge in [0.15, 0.2) is 0 Å². The third-order valence-electron chi connectivity index (χ3n) is 2.32. The van der Waals surface area contributed by atoms with Gasteiger partial charge in [-0.1, -0.05) is 18.2 Å². The quantitative estimate of drug-likeness (QED) is 0.815. The Bertz CT molecular complexity index is 587. The number of halogens is 3. The van der Waals surface area contributed by atoms with Gasteiger partial charge < -0.3 is 4.98 Å². The molecule has 2 rings (SSSR count). The van der Waals surface area contributed by atoms with Gasteiger partial charge in [-0.2, -0.15) is 13.2 Å². The van der Waals surface area contributed by atoms with Crippen molar-refractivity contribution in [3.8, 4) is 11.1 Å². The maximum Gasteiger partial charge on any atom is 0.417 e. The lowest BCUT2D eigenvalue weighted by Gasteiger charge is -2.12. The van der Waals surface area contributed by atoms with Gasteiger partial charge in [0.05, 0.1) is 5.56 Å². The molecule has 0 aliphatic carbocycles. The van der Waals surface area contributed by atoms with Gasteiger partial charge in [0, 0.05) is 12.3 Å². The molecule has 1 N–H and O–H groups in total. The average Bonchev–Trinajstić information content (AvgIpc) is 2.28. The topological polar surface area (TPSA) is 32.9 Å². The van der Waals surface area contributed by atoms with Gasteiger partial charge in [0.25, 0.3) is 0 Å². The highest BCUT2D eigenvalue weighted by Crippen LogP contribution is 2.36. The van der Waals surface area contributed by atoms with Crippen LogP contribution in [0.2, 0.25) is 0 Å². The number of H-pyrrole nitrogens is 1. The maximum absolute atomic E-state index is 12.7. The largest absolute Gasteiger partial charge is 0.417 e. The Kier molecular flexibility index (Phi) is 2.75. The molecule has 0 atom stereocenters. The minimum absolute atomic E-state index is 0.00565. The van der Waals surface area contributed by atoms with E-state index in [0.717, 1.165) is 12.1 Å². The molecular formula is C12H8F3NO. The highest BCUT2D eigenvalue weighted by Gasteiger charge is 2.33. The SMILES string of the molecule is O=c1cc(-c2ccccc2C(F)(F)F)cc[nH]1. The molecule has 0 unspecified atom stereocenters. The van der Waals surface area contributed by atoms with E-state index in [1.165, 1.54) is 30.5 Å². The molecule has 1 aromatic carbocycles. The van der Waals surface area contributed by atoms with Crippen molar-refractivity contribution in [3.63, 3.8) is 0 Å². The van der Waals surface area contributed by atoms with Crippen molar-refractivity contribution in [2.45, 2.75) is 6.18 Å². The van der Waals surface area contributed by atoms with Crippen LogP contribution in [0.5, 0.6) is 0 Å². The molecule has 1 heterocycles. The number of aromatic amines is 1. The van der Waals surface area contributed by atoms with Crippen LogP contribution in [0.4, 0.5) is 13.2 Å². The van der Waals surface area contributed by atoms with Gasteiger partial charge in [-0.3, -0.25) is 4.79 Å². The molecule has 2 aromatic rings. The number of alkyl halides is 3. The van der Waals surface area contributed by atoms with Gasteiger partial charge in [-0.25, -0.2) is 0 Å². The van der Waals surface area contributed by atoms with Crippen LogP contribution in [-0.2, 0) is 6.18 Å². The fraction of sp³-hybridized carbons (Fsp3) is 0.0833. The predicted octanol–water partition coefficient (Wildman–Crippen LogP) is 3.06. The Hall–Kier alpha value is -2.04.